The number of nitrogens with one attached hydrogen (secondary N) is 1. The number of ether oxygens (including phenoxy) is 1. The van der Waals surface area contributed by atoms with Gasteiger partial charge in [-0.1, -0.05) is 0 Å². The number of carbonyl (C=O) groups excluding carboxylic acids is 1. The van der Waals surface area contributed by atoms with Crippen molar-refractivity contribution in [1.29, 1.82) is 0 Å². The Hall–Kier alpha value is -1.18. The third-order valence-corrected chi connectivity index (χ3v) is 2.85. The summed E-state index contributed by atoms with van der Waals surface area (Å²) in [5.41, 5.74) is 5.32. The van der Waals surface area contributed by atoms with Crippen molar-refractivity contribution in [2.45, 2.75) is 18.9 Å². The Bertz CT molecular complexity index is 279. The summed E-state index contributed by atoms with van der Waals surface area (Å²) in [4.78, 5) is 24.1. The average Bonchev–Trinajstić information content (AvgIpc) is 2.37. The van der Waals surface area contributed by atoms with E-state index >= 15 is 0 Å². The largest absolute Gasteiger partial charge is 0.480 e. The van der Waals surface area contributed by atoms with Gasteiger partial charge in [0.2, 0.25) is 5.91 Å². The number of carboxylic acids is 1. The predicted molar refractivity (Wildman–Crippen MR) is 65.1 cm³/mol. The lowest BCUT2D eigenvalue weighted by molar-refractivity contribution is -0.138. The highest BCUT2D eigenvalue weighted by atomic mass is 16.5. The molecular weight excluding hydrogens is 238 g/mol. The SMILES string of the molecule is NC(CCNC(=O)CCN1CCOCC1)C(=O)O. The zero-order valence-electron chi connectivity index (χ0n) is 10.4. The van der Waals surface area contributed by atoms with Crippen molar-refractivity contribution in [3.63, 3.8) is 0 Å². The smallest absolute Gasteiger partial charge is 0.320 e. The molecule has 1 amide bonds. The van der Waals surface area contributed by atoms with E-state index in [-0.39, 0.29) is 12.3 Å². The van der Waals surface area contributed by atoms with Crippen LogP contribution in [0.25, 0.3) is 0 Å². The van der Waals surface area contributed by atoms with Crippen LogP contribution in [0.4, 0.5) is 0 Å². The number of carbonyl (C=O) groups is 2. The molecule has 0 aliphatic carbocycles. The lowest BCUT2D eigenvalue weighted by Gasteiger charge is -2.26. The van der Waals surface area contributed by atoms with Gasteiger partial charge in [0.05, 0.1) is 13.2 Å². The van der Waals surface area contributed by atoms with E-state index in [2.05, 4.69) is 10.2 Å². The van der Waals surface area contributed by atoms with Crippen LogP contribution in [0.1, 0.15) is 12.8 Å². The molecule has 1 unspecified atom stereocenters. The number of hydrogen-bond donors (Lipinski definition) is 3. The van der Waals surface area contributed by atoms with Crippen LogP contribution in [0.15, 0.2) is 0 Å². The number of amides is 1. The molecule has 1 saturated heterocycles. The number of nitrogens with two attached hydrogens (primary N) is 1. The maximum atomic E-state index is 11.5. The quantitative estimate of drug-likeness (QED) is 0.521. The Balaban J connectivity index is 2.04. The van der Waals surface area contributed by atoms with Gasteiger partial charge in [0.15, 0.2) is 0 Å². The standard InChI is InChI=1S/C11H21N3O4/c12-9(11(16)17)1-3-13-10(15)2-4-14-5-7-18-8-6-14/h9H,1-8,12H2,(H,13,15)(H,16,17). The molecule has 0 aromatic heterocycles. The van der Waals surface area contributed by atoms with E-state index in [9.17, 15) is 9.59 Å². The molecule has 0 bridgehead atoms. The molecule has 1 atom stereocenters. The second-order valence-electron chi connectivity index (χ2n) is 4.29. The van der Waals surface area contributed by atoms with E-state index in [4.69, 9.17) is 15.6 Å². The number of aliphatic carboxylic acids is 1. The van der Waals surface area contributed by atoms with Crippen molar-refractivity contribution in [2.75, 3.05) is 39.4 Å². The molecule has 0 aromatic carbocycles. The van der Waals surface area contributed by atoms with Crippen LogP contribution >= 0.6 is 0 Å². The maximum Gasteiger partial charge on any atom is 0.320 e. The Morgan fingerprint density at radius 1 is 1.39 bits per heavy atom. The van der Waals surface area contributed by atoms with Crippen molar-refractivity contribution >= 4 is 11.9 Å². The summed E-state index contributed by atoms with van der Waals surface area (Å²) in [5, 5.41) is 11.2. The summed E-state index contributed by atoms with van der Waals surface area (Å²) < 4.78 is 5.21. The molecule has 0 radical (unpaired) electrons. The summed E-state index contributed by atoms with van der Waals surface area (Å²) in [5.74, 6) is -1.11. The fraction of sp³-hybridized carbons (Fsp3) is 0.818. The van der Waals surface area contributed by atoms with E-state index in [1.807, 2.05) is 0 Å². The van der Waals surface area contributed by atoms with Crippen LogP contribution in [0.5, 0.6) is 0 Å². The van der Waals surface area contributed by atoms with Crippen LogP contribution in [0.2, 0.25) is 0 Å². The van der Waals surface area contributed by atoms with Gasteiger partial charge in [-0.05, 0) is 6.42 Å². The summed E-state index contributed by atoms with van der Waals surface area (Å²) in [6.45, 7) is 4.16. The van der Waals surface area contributed by atoms with Gasteiger partial charge >= 0.3 is 5.97 Å². The van der Waals surface area contributed by atoms with Gasteiger partial charge in [-0.2, -0.15) is 0 Å². The van der Waals surface area contributed by atoms with Gasteiger partial charge in [0, 0.05) is 32.6 Å². The van der Waals surface area contributed by atoms with Crippen molar-refractivity contribution in [3.8, 4) is 0 Å². The second kappa shape index (κ2) is 8.02. The van der Waals surface area contributed by atoms with Gasteiger partial charge in [-0.15, -0.1) is 0 Å². The lowest BCUT2D eigenvalue weighted by Crippen LogP contribution is -2.39. The van der Waals surface area contributed by atoms with E-state index in [1.54, 1.807) is 0 Å². The van der Waals surface area contributed by atoms with Gasteiger partial charge < -0.3 is 20.9 Å². The lowest BCUT2D eigenvalue weighted by atomic mass is 10.2. The van der Waals surface area contributed by atoms with Crippen LogP contribution in [-0.2, 0) is 14.3 Å². The molecule has 1 heterocycles. The number of morpholine rings is 1. The maximum absolute atomic E-state index is 11.5. The summed E-state index contributed by atoms with van der Waals surface area (Å²) in [6, 6.07) is -0.912. The minimum absolute atomic E-state index is 0.0703. The Kier molecular flexibility index (Phi) is 6.63. The number of nitrogens with zero attached hydrogens (tertiary/aromatic N) is 1. The van der Waals surface area contributed by atoms with E-state index in [1.165, 1.54) is 0 Å². The summed E-state index contributed by atoms with van der Waals surface area (Å²) in [7, 11) is 0. The van der Waals surface area contributed by atoms with Crippen LogP contribution in [0.3, 0.4) is 0 Å². The highest BCUT2D eigenvalue weighted by Gasteiger charge is 2.13. The monoisotopic (exact) mass is 259 g/mol. The first-order valence-corrected chi connectivity index (χ1v) is 6.15. The van der Waals surface area contributed by atoms with Crippen LogP contribution < -0.4 is 11.1 Å². The van der Waals surface area contributed by atoms with Crippen molar-refractivity contribution in [1.82, 2.24) is 10.2 Å². The molecule has 18 heavy (non-hydrogen) atoms. The van der Waals surface area contributed by atoms with Gasteiger partial charge in [0.1, 0.15) is 6.04 Å². The molecule has 1 rings (SSSR count). The predicted octanol–water partition coefficient (Wildman–Crippen LogP) is -1.37. The van der Waals surface area contributed by atoms with E-state index in [0.717, 1.165) is 26.3 Å². The number of hydrogen-bond acceptors (Lipinski definition) is 5. The third kappa shape index (κ3) is 5.95. The fourth-order valence-electron chi connectivity index (χ4n) is 1.66. The number of carboxylic acid groups (broad SMARTS) is 1. The van der Waals surface area contributed by atoms with Crippen LogP contribution in [0, 0.1) is 0 Å². The van der Waals surface area contributed by atoms with E-state index < -0.39 is 12.0 Å². The van der Waals surface area contributed by atoms with E-state index in [0.29, 0.717) is 19.5 Å². The highest BCUT2D eigenvalue weighted by molar-refractivity contribution is 5.76. The molecule has 0 saturated carbocycles. The molecule has 0 spiro atoms. The second-order valence-corrected chi connectivity index (χ2v) is 4.29. The molecule has 1 aliphatic heterocycles. The summed E-state index contributed by atoms with van der Waals surface area (Å²) >= 11 is 0. The average molecular weight is 259 g/mol. The molecule has 1 aliphatic rings. The minimum atomic E-state index is -1.04. The van der Waals surface area contributed by atoms with Gasteiger partial charge in [-0.25, -0.2) is 0 Å². The van der Waals surface area contributed by atoms with Gasteiger partial charge in [0.25, 0.3) is 0 Å². The molecule has 0 aromatic rings. The fourth-order valence-corrected chi connectivity index (χ4v) is 1.66. The summed E-state index contributed by atoms with van der Waals surface area (Å²) in [6.07, 6.45) is 0.668. The molecule has 4 N–H and O–H groups in total. The van der Waals surface area contributed by atoms with Crippen LogP contribution in [-0.4, -0.2) is 67.3 Å². The first kappa shape index (κ1) is 14.9. The molecule has 7 heteroatoms. The van der Waals surface area contributed by atoms with Crippen molar-refractivity contribution in [2.24, 2.45) is 5.73 Å². The first-order chi connectivity index (χ1) is 8.59. The first-order valence-electron chi connectivity index (χ1n) is 6.15. The normalized spacial score (nSPS) is 18.3. The molecule has 104 valence electrons. The Labute approximate surface area is 106 Å². The topological polar surface area (TPSA) is 105 Å². The third-order valence-electron chi connectivity index (χ3n) is 2.85. The number of rotatable bonds is 7. The minimum Gasteiger partial charge on any atom is -0.480 e. The zero-order valence-corrected chi connectivity index (χ0v) is 10.4. The van der Waals surface area contributed by atoms with Crippen molar-refractivity contribution in [3.05, 3.63) is 0 Å². The molecule has 7 nitrogen and oxygen atoms in total. The Morgan fingerprint density at radius 3 is 2.67 bits per heavy atom. The highest BCUT2D eigenvalue weighted by Crippen LogP contribution is 1.98. The molecular formula is C11H21N3O4. The Morgan fingerprint density at radius 2 is 2.06 bits per heavy atom. The van der Waals surface area contributed by atoms with Crippen molar-refractivity contribution < 1.29 is 19.4 Å². The zero-order chi connectivity index (χ0) is 13.4. The molecule has 1 fully saturated rings. The van der Waals surface area contributed by atoms with Gasteiger partial charge in [-0.3, -0.25) is 14.5 Å².